The molecule has 1 N–H and O–H groups in total. The summed E-state index contributed by atoms with van der Waals surface area (Å²) >= 11 is 0. The van der Waals surface area contributed by atoms with Gasteiger partial charge in [0.1, 0.15) is 0 Å². The fourth-order valence-corrected chi connectivity index (χ4v) is 2.92. The quantitative estimate of drug-likeness (QED) is 0.762. The van der Waals surface area contributed by atoms with Gasteiger partial charge in [-0.1, -0.05) is 6.92 Å². The molecular weight excluding hydrogens is 188 g/mol. The number of nitrogens with zero attached hydrogens (tertiary/aromatic N) is 1. The molecule has 0 saturated carbocycles. The molecule has 2 aliphatic heterocycles. The zero-order valence-corrected chi connectivity index (χ0v) is 10.3. The van der Waals surface area contributed by atoms with E-state index in [4.69, 9.17) is 4.74 Å². The summed E-state index contributed by atoms with van der Waals surface area (Å²) < 4.78 is 5.71. The average molecular weight is 212 g/mol. The Morgan fingerprint density at radius 1 is 1.53 bits per heavy atom. The Hall–Kier alpha value is -0.120. The van der Waals surface area contributed by atoms with Crippen molar-refractivity contribution in [3.8, 4) is 0 Å². The first kappa shape index (κ1) is 11.4. The van der Waals surface area contributed by atoms with Crippen molar-refractivity contribution in [3.05, 3.63) is 0 Å². The molecule has 88 valence electrons. The normalized spacial score (nSPS) is 42.6. The molecule has 2 fully saturated rings. The standard InChI is InChI=1S/C12H24N2O/c1-4-13-11-5-7-14(9-11)12(3)6-8-15-10(12)2/h10-11,13H,4-9H2,1-3H3. The van der Waals surface area contributed by atoms with Crippen molar-refractivity contribution in [2.45, 2.75) is 51.3 Å². The lowest BCUT2D eigenvalue weighted by Crippen LogP contribution is -2.50. The van der Waals surface area contributed by atoms with Gasteiger partial charge in [0.25, 0.3) is 0 Å². The van der Waals surface area contributed by atoms with Crippen molar-refractivity contribution in [3.63, 3.8) is 0 Å². The third kappa shape index (κ3) is 2.05. The Kier molecular flexibility index (Phi) is 3.33. The van der Waals surface area contributed by atoms with E-state index in [9.17, 15) is 0 Å². The first-order valence-electron chi connectivity index (χ1n) is 6.27. The van der Waals surface area contributed by atoms with Crippen LogP contribution in [0.5, 0.6) is 0 Å². The van der Waals surface area contributed by atoms with E-state index in [1.807, 2.05) is 0 Å². The lowest BCUT2D eigenvalue weighted by Gasteiger charge is -2.37. The molecule has 0 radical (unpaired) electrons. The third-order valence-electron chi connectivity index (χ3n) is 4.26. The Bertz CT molecular complexity index is 222. The monoisotopic (exact) mass is 212 g/mol. The first-order valence-corrected chi connectivity index (χ1v) is 6.27. The largest absolute Gasteiger partial charge is 0.377 e. The number of rotatable bonds is 3. The molecule has 15 heavy (non-hydrogen) atoms. The summed E-state index contributed by atoms with van der Waals surface area (Å²) in [6.07, 6.45) is 2.86. The molecule has 2 aliphatic rings. The molecule has 0 aliphatic carbocycles. The van der Waals surface area contributed by atoms with Gasteiger partial charge >= 0.3 is 0 Å². The summed E-state index contributed by atoms with van der Waals surface area (Å²) in [5, 5.41) is 3.55. The maximum Gasteiger partial charge on any atom is 0.0728 e. The van der Waals surface area contributed by atoms with Gasteiger partial charge in [0.15, 0.2) is 0 Å². The smallest absolute Gasteiger partial charge is 0.0728 e. The zero-order chi connectivity index (χ0) is 10.9. The molecule has 3 unspecified atom stereocenters. The van der Waals surface area contributed by atoms with Crippen molar-refractivity contribution >= 4 is 0 Å². The molecule has 3 nitrogen and oxygen atoms in total. The zero-order valence-electron chi connectivity index (χ0n) is 10.3. The van der Waals surface area contributed by atoms with Crippen LogP contribution in [0.4, 0.5) is 0 Å². The fourth-order valence-electron chi connectivity index (χ4n) is 2.92. The third-order valence-corrected chi connectivity index (χ3v) is 4.26. The fraction of sp³-hybridized carbons (Fsp3) is 1.00. The van der Waals surface area contributed by atoms with Crippen LogP contribution in [0.15, 0.2) is 0 Å². The molecule has 0 aromatic carbocycles. The topological polar surface area (TPSA) is 24.5 Å². The summed E-state index contributed by atoms with van der Waals surface area (Å²) in [5.41, 5.74) is 0.282. The first-order chi connectivity index (χ1) is 7.16. The summed E-state index contributed by atoms with van der Waals surface area (Å²) in [6.45, 7) is 11.2. The van der Waals surface area contributed by atoms with Crippen LogP contribution in [0.3, 0.4) is 0 Å². The Labute approximate surface area is 93.2 Å². The van der Waals surface area contributed by atoms with Crippen molar-refractivity contribution in [2.75, 3.05) is 26.2 Å². The molecular formula is C12H24N2O. The van der Waals surface area contributed by atoms with E-state index in [0.717, 1.165) is 13.2 Å². The lowest BCUT2D eigenvalue weighted by molar-refractivity contribution is 0.0319. The van der Waals surface area contributed by atoms with Crippen molar-refractivity contribution in [1.82, 2.24) is 10.2 Å². The van der Waals surface area contributed by atoms with Gasteiger partial charge < -0.3 is 10.1 Å². The summed E-state index contributed by atoms with van der Waals surface area (Å²) in [7, 11) is 0. The molecule has 2 saturated heterocycles. The molecule has 3 heteroatoms. The van der Waals surface area contributed by atoms with E-state index in [2.05, 4.69) is 31.0 Å². The van der Waals surface area contributed by atoms with E-state index in [1.165, 1.54) is 25.9 Å². The SMILES string of the molecule is CCNC1CCN(C2(C)CCOC2C)C1. The Balaban J connectivity index is 1.94. The number of nitrogens with one attached hydrogen (secondary N) is 1. The van der Waals surface area contributed by atoms with E-state index in [0.29, 0.717) is 12.1 Å². The molecule has 0 amide bonds. The second kappa shape index (κ2) is 4.40. The van der Waals surface area contributed by atoms with Gasteiger partial charge in [-0.15, -0.1) is 0 Å². The second-order valence-corrected chi connectivity index (χ2v) is 5.11. The van der Waals surface area contributed by atoms with Gasteiger partial charge in [0, 0.05) is 31.3 Å². The maximum atomic E-state index is 5.71. The number of hydrogen-bond acceptors (Lipinski definition) is 3. The highest BCUT2D eigenvalue weighted by atomic mass is 16.5. The van der Waals surface area contributed by atoms with Crippen LogP contribution in [0.25, 0.3) is 0 Å². The van der Waals surface area contributed by atoms with Gasteiger partial charge in [0.05, 0.1) is 6.10 Å². The van der Waals surface area contributed by atoms with Crippen LogP contribution in [0, 0.1) is 0 Å². The van der Waals surface area contributed by atoms with Gasteiger partial charge in [-0.2, -0.15) is 0 Å². The van der Waals surface area contributed by atoms with E-state index < -0.39 is 0 Å². The maximum absolute atomic E-state index is 5.71. The predicted octanol–water partition coefficient (Wildman–Crippen LogP) is 1.24. The molecule has 0 spiro atoms. The highest BCUT2D eigenvalue weighted by Gasteiger charge is 2.44. The number of likely N-dealkylation sites (tertiary alicyclic amines) is 1. The van der Waals surface area contributed by atoms with Crippen LogP contribution < -0.4 is 5.32 Å². The van der Waals surface area contributed by atoms with Crippen LogP contribution in [-0.4, -0.2) is 48.8 Å². The molecule has 0 aromatic rings. The number of hydrogen-bond donors (Lipinski definition) is 1. The second-order valence-electron chi connectivity index (χ2n) is 5.11. The average Bonchev–Trinajstić information content (AvgIpc) is 2.77. The highest BCUT2D eigenvalue weighted by molar-refractivity contribution is 4.99. The highest BCUT2D eigenvalue weighted by Crippen LogP contribution is 2.34. The van der Waals surface area contributed by atoms with Gasteiger partial charge in [-0.25, -0.2) is 0 Å². The lowest BCUT2D eigenvalue weighted by atomic mass is 9.93. The summed E-state index contributed by atoms with van der Waals surface area (Å²) in [4.78, 5) is 2.62. The number of likely N-dealkylation sites (N-methyl/N-ethyl adjacent to an activating group) is 1. The van der Waals surface area contributed by atoms with E-state index in [1.54, 1.807) is 0 Å². The molecule has 3 atom stereocenters. The molecule has 2 heterocycles. The van der Waals surface area contributed by atoms with Gasteiger partial charge in [0.2, 0.25) is 0 Å². The number of ether oxygens (including phenoxy) is 1. The summed E-state index contributed by atoms with van der Waals surface area (Å²) in [6, 6.07) is 0.694. The minimum Gasteiger partial charge on any atom is -0.377 e. The van der Waals surface area contributed by atoms with E-state index >= 15 is 0 Å². The Morgan fingerprint density at radius 2 is 2.33 bits per heavy atom. The van der Waals surface area contributed by atoms with Crippen molar-refractivity contribution in [2.24, 2.45) is 0 Å². The van der Waals surface area contributed by atoms with Crippen LogP contribution >= 0.6 is 0 Å². The van der Waals surface area contributed by atoms with Crippen LogP contribution in [0.2, 0.25) is 0 Å². The minimum absolute atomic E-state index is 0.282. The van der Waals surface area contributed by atoms with Crippen molar-refractivity contribution < 1.29 is 4.74 Å². The Morgan fingerprint density at radius 3 is 2.93 bits per heavy atom. The van der Waals surface area contributed by atoms with Crippen LogP contribution in [0.1, 0.15) is 33.6 Å². The van der Waals surface area contributed by atoms with E-state index in [-0.39, 0.29) is 5.54 Å². The molecule has 0 aromatic heterocycles. The van der Waals surface area contributed by atoms with Crippen molar-refractivity contribution in [1.29, 1.82) is 0 Å². The van der Waals surface area contributed by atoms with Gasteiger partial charge in [-0.05, 0) is 33.2 Å². The van der Waals surface area contributed by atoms with Crippen LogP contribution in [-0.2, 0) is 4.74 Å². The summed E-state index contributed by atoms with van der Waals surface area (Å²) in [5.74, 6) is 0. The molecule has 0 bridgehead atoms. The molecule has 2 rings (SSSR count). The van der Waals surface area contributed by atoms with Gasteiger partial charge in [-0.3, -0.25) is 4.90 Å². The minimum atomic E-state index is 0.282. The predicted molar refractivity (Wildman–Crippen MR) is 62.1 cm³/mol.